The molecule has 0 saturated heterocycles. The van der Waals surface area contributed by atoms with E-state index in [1.165, 1.54) is 0 Å². The molecular weight excluding hydrogens is 138 g/mol. The summed E-state index contributed by atoms with van der Waals surface area (Å²) in [5.41, 5.74) is 0. The molecule has 0 aromatic rings. The van der Waals surface area contributed by atoms with Gasteiger partial charge in [0.15, 0.2) is 0 Å². The highest BCUT2D eigenvalue weighted by atomic mass is 16.5. The van der Waals surface area contributed by atoms with Gasteiger partial charge in [0.05, 0.1) is 6.10 Å². The quantitative estimate of drug-likeness (QED) is 0.604. The van der Waals surface area contributed by atoms with Crippen molar-refractivity contribution < 1.29 is 4.74 Å². The van der Waals surface area contributed by atoms with Crippen molar-refractivity contribution in [3.05, 3.63) is 0 Å². The molecule has 0 aromatic carbocycles. The normalized spacial score (nSPS) is 14.5. The number of ether oxygens (including phenoxy) is 1. The van der Waals surface area contributed by atoms with Crippen molar-refractivity contribution >= 4 is 0 Å². The van der Waals surface area contributed by atoms with Crippen molar-refractivity contribution in [3.8, 4) is 0 Å². The fourth-order valence-corrected chi connectivity index (χ4v) is 1.21. The summed E-state index contributed by atoms with van der Waals surface area (Å²) in [6.45, 7) is 8.72. The van der Waals surface area contributed by atoms with Crippen LogP contribution in [-0.4, -0.2) is 38.3 Å². The van der Waals surface area contributed by atoms with Gasteiger partial charge >= 0.3 is 0 Å². The van der Waals surface area contributed by atoms with Crippen molar-refractivity contribution in [2.75, 3.05) is 27.2 Å². The fraction of sp³-hybridized carbons (Fsp3) is 1.00. The lowest BCUT2D eigenvalue weighted by Gasteiger charge is -2.21. The molecule has 11 heavy (non-hydrogen) atoms. The summed E-state index contributed by atoms with van der Waals surface area (Å²) >= 11 is 0. The van der Waals surface area contributed by atoms with Crippen LogP contribution in [0, 0.1) is 5.92 Å². The van der Waals surface area contributed by atoms with Crippen LogP contribution in [0.15, 0.2) is 0 Å². The highest BCUT2D eigenvalue weighted by molar-refractivity contribution is 4.59. The standard InChI is InChI=1S/C9H21NO/c1-8(2)6-10(4)7-9(3)11-5/h8-9H,6-7H2,1-5H3. The van der Waals surface area contributed by atoms with Gasteiger partial charge in [0.1, 0.15) is 0 Å². The van der Waals surface area contributed by atoms with E-state index in [0.717, 1.165) is 19.0 Å². The van der Waals surface area contributed by atoms with Crippen LogP contribution in [-0.2, 0) is 4.74 Å². The first kappa shape index (κ1) is 10.9. The maximum atomic E-state index is 5.16. The molecule has 1 unspecified atom stereocenters. The van der Waals surface area contributed by atoms with E-state index in [1.54, 1.807) is 7.11 Å². The smallest absolute Gasteiger partial charge is 0.0669 e. The molecule has 0 radical (unpaired) electrons. The Balaban J connectivity index is 3.43. The highest BCUT2D eigenvalue weighted by Gasteiger charge is 2.05. The zero-order valence-electron chi connectivity index (χ0n) is 8.42. The van der Waals surface area contributed by atoms with Crippen molar-refractivity contribution in [2.24, 2.45) is 5.92 Å². The zero-order chi connectivity index (χ0) is 8.85. The zero-order valence-corrected chi connectivity index (χ0v) is 8.42. The van der Waals surface area contributed by atoms with Gasteiger partial charge < -0.3 is 9.64 Å². The summed E-state index contributed by atoms with van der Waals surface area (Å²) in [7, 11) is 3.89. The minimum atomic E-state index is 0.346. The molecule has 0 aliphatic heterocycles. The summed E-state index contributed by atoms with van der Waals surface area (Å²) in [5.74, 6) is 0.740. The Morgan fingerprint density at radius 1 is 1.18 bits per heavy atom. The van der Waals surface area contributed by atoms with Gasteiger partial charge in [-0.05, 0) is 19.9 Å². The molecule has 2 nitrogen and oxygen atoms in total. The second-order valence-electron chi connectivity index (χ2n) is 3.66. The maximum Gasteiger partial charge on any atom is 0.0669 e. The van der Waals surface area contributed by atoms with E-state index >= 15 is 0 Å². The molecule has 0 aliphatic rings. The molecule has 0 amide bonds. The Morgan fingerprint density at radius 2 is 1.73 bits per heavy atom. The lowest BCUT2D eigenvalue weighted by atomic mass is 10.2. The third-order valence-electron chi connectivity index (χ3n) is 1.65. The lowest BCUT2D eigenvalue weighted by Crippen LogP contribution is -2.31. The van der Waals surface area contributed by atoms with Crippen LogP contribution < -0.4 is 0 Å². The minimum Gasteiger partial charge on any atom is -0.380 e. The molecular formula is C9H21NO. The second kappa shape index (κ2) is 5.56. The van der Waals surface area contributed by atoms with Gasteiger partial charge in [0, 0.05) is 20.2 Å². The first-order valence-corrected chi connectivity index (χ1v) is 4.27. The van der Waals surface area contributed by atoms with Gasteiger partial charge in [-0.15, -0.1) is 0 Å². The summed E-state index contributed by atoms with van der Waals surface area (Å²) in [6, 6.07) is 0. The van der Waals surface area contributed by atoms with Crippen LogP contribution in [0.5, 0.6) is 0 Å². The predicted molar refractivity (Wildman–Crippen MR) is 48.8 cm³/mol. The van der Waals surface area contributed by atoms with Gasteiger partial charge in [-0.3, -0.25) is 0 Å². The van der Waals surface area contributed by atoms with Crippen molar-refractivity contribution in [3.63, 3.8) is 0 Å². The van der Waals surface area contributed by atoms with E-state index in [1.807, 2.05) is 0 Å². The molecule has 0 aromatic heterocycles. The molecule has 0 bridgehead atoms. The van der Waals surface area contributed by atoms with E-state index in [0.29, 0.717) is 6.10 Å². The van der Waals surface area contributed by atoms with E-state index in [4.69, 9.17) is 4.74 Å². The third-order valence-corrected chi connectivity index (χ3v) is 1.65. The van der Waals surface area contributed by atoms with Gasteiger partial charge in [-0.25, -0.2) is 0 Å². The molecule has 0 N–H and O–H groups in total. The first-order valence-electron chi connectivity index (χ1n) is 4.27. The highest BCUT2D eigenvalue weighted by Crippen LogP contribution is 1.98. The van der Waals surface area contributed by atoms with Crippen molar-refractivity contribution in [1.82, 2.24) is 4.90 Å². The Morgan fingerprint density at radius 3 is 2.09 bits per heavy atom. The van der Waals surface area contributed by atoms with Crippen molar-refractivity contribution in [1.29, 1.82) is 0 Å². The SMILES string of the molecule is COC(C)CN(C)CC(C)C. The van der Waals surface area contributed by atoms with E-state index in [2.05, 4.69) is 32.7 Å². The van der Waals surface area contributed by atoms with Gasteiger partial charge in [0.25, 0.3) is 0 Å². The number of hydrogen-bond donors (Lipinski definition) is 0. The Hall–Kier alpha value is -0.0800. The van der Waals surface area contributed by atoms with Crippen LogP contribution in [0.25, 0.3) is 0 Å². The topological polar surface area (TPSA) is 12.5 Å². The molecule has 1 atom stereocenters. The predicted octanol–water partition coefficient (Wildman–Crippen LogP) is 1.61. The van der Waals surface area contributed by atoms with Crippen LogP contribution in [0.1, 0.15) is 20.8 Å². The van der Waals surface area contributed by atoms with E-state index in [-0.39, 0.29) is 0 Å². The van der Waals surface area contributed by atoms with Gasteiger partial charge in [0.2, 0.25) is 0 Å². The molecule has 0 spiro atoms. The van der Waals surface area contributed by atoms with Gasteiger partial charge in [-0.2, -0.15) is 0 Å². The molecule has 68 valence electrons. The van der Waals surface area contributed by atoms with Crippen LogP contribution in [0.2, 0.25) is 0 Å². The number of methoxy groups -OCH3 is 1. The van der Waals surface area contributed by atoms with Gasteiger partial charge in [-0.1, -0.05) is 13.8 Å². The number of likely N-dealkylation sites (N-methyl/N-ethyl adjacent to an activating group) is 1. The summed E-state index contributed by atoms with van der Waals surface area (Å²) in [5, 5.41) is 0. The number of rotatable bonds is 5. The van der Waals surface area contributed by atoms with Crippen LogP contribution in [0.4, 0.5) is 0 Å². The van der Waals surface area contributed by atoms with E-state index < -0.39 is 0 Å². The number of nitrogens with zero attached hydrogens (tertiary/aromatic N) is 1. The number of hydrogen-bond acceptors (Lipinski definition) is 2. The largest absolute Gasteiger partial charge is 0.380 e. The van der Waals surface area contributed by atoms with Crippen molar-refractivity contribution in [2.45, 2.75) is 26.9 Å². The monoisotopic (exact) mass is 159 g/mol. The Bertz CT molecular complexity index is 93.6. The van der Waals surface area contributed by atoms with E-state index in [9.17, 15) is 0 Å². The van der Waals surface area contributed by atoms with Crippen LogP contribution >= 0.6 is 0 Å². The molecule has 0 aliphatic carbocycles. The average Bonchev–Trinajstić information content (AvgIpc) is 1.85. The summed E-state index contributed by atoms with van der Waals surface area (Å²) in [6.07, 6.45) is 0.346. The van der Waals surface area contributed by atoms with Crippen LogP contribution in [0.3, 0.4) is 0 Å². The fourth-order valence-electron chi connectivity index (χ4n) is 1.21. The average molecular weight is 159 g/mol. The first-order chi connectivity index (χ1) is 5.06. The molecule has 0 saturated carbocycles. The molecule has 0 heterocycles. The maximum absolute atomic E-state index is 5.16. The Labute approximate surface area is 70.5 Å². The minimum absolute atomic E-state index is 0.346. The molecule has 0 rings (SSSR count). The lowest BCUT2D eigenvalue weighted by molar-refractivity contribution is 0.0824. The second-order valence-corrected chi connectivity index (χ2v) is 3.66. The Kier molecular flexibility index (Phi) is 5.51. The third kappa shape index (κ3) is 6.32. The summed E-state index contributed by atoms with van der Waals surface area (Å²) in [4.78, 5) is 2.30. The molecule has 0 fully saturated rings. The molecule has 2 heteroatoms. The summed E-state index contributed by atoms with van der Waals surface area (Å²) < 4.78 is 5.16.